The maximum Gasteiger partial charge on any atom is 0.411 e. The maximum atomic E-state index is 12.2. The highest BCUT2D eigenvalue weighted by Gasteiger charge is 2.07. The lowest BCUT2D eigenvalue weighted by molar-refractivity contribution is 0.187. The number of hydrogen-bond donors (Lipinski definition) is 3. The summed E-state index contributed by atoms with van der Waals surface area (Å²) in [6.45, 7) is 5.71. The molecule has 152 valence electrons. The molecule has 0 bridgehead atoms. The molecule has 0 aliphatic heterocycles. The molecule has 3 rings (SSSR count). The highest BCUT2D eigenvalue weighted by Crippen LogP contribution is 2.21. The molecule has 0 saturated carbocycles. The van der Waals surface area contributed by atoms with Crippen molar-refractivity contribution < 1.29 is 14.3 Å². The van der Waals surface area contributed by atoms with Gasteiger partial charge in [0, 0.05) is 41.6 Å². The molecule has 0 saturated heterocycles. The van der Waals surface area contributed by atoms with Gasteiger partial charge in [-0.1, -0.05) is 26.0 Å². The molecule has 0 fully saturated rings. The fraction of sp³-hybridized carbons (Fsp3) is 0.273. The summed E-state index contributed by atoms with van der Waals surface area (Å²) in [7, 11) is 1.31. The van der Waals surface area contributed by atoms with Crippen LogP contribution in [0.4, 0.5) is 21.0 Å². The third kappa shape index (κ3) is 5.51. The lowest BCUT2D eigenvalue weighted by Gasteiger charge is -2.10. The van der Waals surface area contributed by atoms with Crippen molar-refractivity contribution in [2.45, 2.75) is 26.9 Å². The number of amides is 3. The number of carbonyl (C=O) groups excluding carboxylic acids is 2. The van der Waals surface area contributed by atoms with Gasteiger partial charge in [0.15, 0.2) is 0 Å². The van der Waals surface area contributed by atoms with E-state index in [0.29, 0.717) is 18.2 Å². The van der Waals surface area contributed by atoms with Gasteiger partial charge in [0.2, 0.25) is 0 Å². The Labute approximate surface area is 170 Å². The molecule has 1 aromatic heterocycles. The van der Waals surface area contributed by atoms with Crippen LogP contribution in [0.25, 0.3) is 10.9 Å². The van der Waals surface area contributed by atoms with E-state index >= 15 is 0 Å². The maximum absolute atomic E-state index is 12.2. The SMILES string of the molecule is COC(=O)Nc1ccc(CNC(=O)Nc2ccc3c(ccn3CC(C)C)c2)cc1. The molecule has 3 aromatic rings. The number of urea groups is 1. The fourth-order valence-electron chi connectivity index (χ4n) is 3.06. The summed E-state index contributed by atoms with van der Waals surface area (Å²) >= 11 is 0. The Morgan fingerprint density at radius 2 is 1.72 bits per heavy atom. The second kappa shape index (κ2) is 9.14. The van der Waals surface area contributed by atoms with Gasteiger partial charge in [0.05, 0.1) is 7.11 Å². The number of nitrogens with one attached hydrogen (secondary N) is 3. The number of aromatic nitrogens is 1. The van der Waals surface area contributed by atoms with Gasteiger partial charge in [0.1, 0.15) is 0 Å². The van der Waals surface area contributed by atoms with Crippen LogP contribution in [-0.4, -0.2) is 23.8 Å². The highest BCUT2D eigenvalue weighted by atomic mass is 16.5. The summed E-state index contributed by atoms with van der Waals surface area (Å²) in [5.41, 5.74) is 3.44. The quantitative estimate of drug-likeness (QED) is 0.562. The van der Waals surface area contributed by atoms with Gasteiger partial charge in [-0.3, -0.25) is 5.32 Å². The Bertz CT molecular complexity index is 993. The lowest BCUT2D eigenvalue weighted by Crippen LogP contribution is -2.28. The molecule has 3 N–H and O–H groups in total. The average molecular weight is 394 g/mol. The fourth-order valence-corrected chi connectivity index (χ4v) is 3.06. The molecular weight excluding hydrogens is 368 g/mol. The molecule has 1 heterocycles. The largest absolute Gasteiger partial charge is 0.453 e. The zero-order valence-electron chi connectivity index (χ0n) is 16.9. The van der Waals surface area contributed by atoms with Gasteiger partial charge < -0.3 is 19.9 Å². The van der Waals surface area contributed by atoms with Crippen LogP contribution in [0.2, 0.25) is 0 Å². The minimum Gasteiger partial charge on any atom is -0.453 e. The molecule has 7 heteroatoms. The van der Waals surface area contributed by atoms with Crippen molar-refractivity contribution in [2.24, 2.45) is 5.92 Å². The zero-order valence-corrected chi connectivity index (χ0v) is 16.9. The van der Waals surface area contributed by atoms with Gasteiger partial charge in [-0.05, 0) is 47.9 Å². The van der Waals surface area contributed by atoms with E-state index in [-0.39, 0.29) is 6.03 Å². The molecule has 0 atom stereocenters. The predicted octanol–water partition coefficient (Wildman–Crippen LogP) is 4.80. The molecule has 0 radical (unpaired) electrons. The van der Waals surface area contributed by atoms with Crippen LogP contribution in [-0.2, 0) is 17.8 Å². The van der Waals surface area contributed by atoms with Gasteiger partial charge in [-0.2, -0.15) is 0 Å². The van der Waals surface area contributed by atoms with E-state index < -0.39 is 6.09 Å². The summed E-state index contributed by atoms with van der Waals surface area (Å²) in [6, 6.07) is 14.9. The Kier molecular flexibility index (Phi) is 6.39. The van der Waals surface area contributed by atoms with E-state index in [4.69, 9.17) is 0 Å². The minimum absolute atomic E-state index is 0.275. The van der Waals surface area contributed by atoms with Crippen LogP contribution < -0.4 is 16.0 Å². The lowest BCUT2D eigenvalue weighted by atomic mass is 10.2. The number of rotatable bonds is 6. The van der Waals surface area contributed by atoms with Crippen LogP contribution in [0, 0.1) is 5.92 Å². The normalized spacial score (nSPS) is 10.8. The summed E-state index contributed by atoms with van der Waals surface area (Å²) in [5, 5.41) is 9.37. The first-order chi connectivity index (χ1) is 13.9. The van der Waals surface area contributed by atoms with Crippen molar-refractivity contribution in [1.29, 1.82) is 0 Å². The number of methoxy groups -OCH3 is 1. The highest BCUT2D eigenvalue weighted by molar-refractivity contribution is 5.93. The number of carbonyl (C=O) groups is 2. The van der Waals surface area contributed by atoms with Crippen molar-refractivity contribution in [2.75, 3.05) is 17.7 Å². The standard InChI is InChI=1S/C22H26N4O3/c1-15(2)14-26-11-10-17-12-19(8-9-20(17)26)24-21(27)23-13-16-4-6-18(7-5-16)25-22(28)29-3/h4-12,15H,13-14H2,1-3H3,(H,25,28)(H2,23,24,27). The molecular formula is C22H26N4O3. The summed E-state index contributed by atoms with van der Waals surface area (Å²) in [4.78, 5) is 23.4. The average Bonchev–Trinajstić information content (AvgIpc) is 3.08. The van der Waals surface area contributed by atoms with Gasteiger partial charge in [-0.25, -0.2) is 9.59 Å². The van der Waals surface area contributed by atoms with Crippen LogP contribution >= 0.6 is 0 Å². The third-order valence-corrected chi connectivity index (χ3v) is 4.43. The summed E-state index contributed by atoms with van der Waals surface area (Å²) < 4.78 is 6.77. The van der Waals surface area contributed by atoms with E-state index in [2.05, 4.69) is 51.4 Å². The van der Waals surface area contributed by atoms with Crippen molar-refractivity contribution in [3.8, 4) is 0 Å². The second-order valence-corrected chi connectivity index (χ2v) is 7.26. The number of ether oxygens (including phenoxy) is 1. The number of nitrogens with zero attached hydrogens (tertiary/aromatic N) is 1. The first kappa shape index (κ1) is 20.3. The monoisotopic (exact) mass is 394 g/mol. The van der Waals surface area contributed by atoms with Crippen molar-refractivity contribution in [3.63, 3.8) is 0 Å². The molecule has 7 nitrogen and oxygen atoms in total. The Morgan fingerprint density at radius 1 is 1.00 bits per heavy atom. The molecule has 29 heavy (non-hydrogen) atoms. The Balaban J connectivity index is 1.54. The van der Waals surface area contributed by atoms with Crippen LogP contribution in [0.5, 0.6) is 0 Å². The molecule has 0 unspecified atom stereocenters. The molecule has 0 aliphatic rings. The first-order valence-corrected chi connectivity index (χ1v) is 9.52. The van der Waals surface area contributed by atoms with E-state index in [1.54, 1.807) is 12.1 Å². The Morgan fingerprint density at radius 3 is 2.41 bits per heavy atom. The van der Waals surface area contributed by atoms with Crippen molar-refractivity contribution >= 4 is 34.4 Å². The topological polar surface area (TPSA) is 84.4 Å². The van der Waals surface area contributed by atoms with Crippen molar-refractivity contribution in [1.82, 2.24) is 9.88 Å². The van der Waals surface area contributed by atoms with Crippen molar-refractivity contribution in [3.05, 3.63) is 60.3 Å². The van der Waals surface area contributed by atoms with E-state index in [1.165, 1.54) is 7.11 Å². The van der Waals surface area contributed by atoms with Gasteiger partial charge >= 0.3 is 12.1 Å². The van der Waals surface area contributed by atoms with Crippen LogP contribution in [0.1, 0.15) is 19.4 Å². The number of hydrogen-bond acceptors (Lipinski definition) is 3. The van der Waals surface area contributed by atoms with E-state index in [1.807, 2.05) is 30.3 Å². The van der Waals surface area contributed by atoms with Gasteiger partial charge in [0.25, 0.3) is 0 Å². The summed E-state index contributed by atoms with van der Waals surface area (Å²) in [5.74, 6) is 0.569. The number of anilines is 2. The number of benzene rings is 2. The number of fused-ring (bicyclic) bond motifs is 1. The van der Waals surface area contributed by atoms with Crippen LogP contribution in [0.15, 0.2) is 54.7 Å². The third-order valence-electron chi connectivity index (χ3n) is 4.43. The Hall–Kier alpha value is -3.48. The molecule has 3 amide bonds. The van der Waals surface area contributed by atoms with Crippen LogP contribution in [0.3, 0.4) is 0 Å². The predicted molar refractivity (Wildman–Crippen MR) is 115 cm³/mol. The molecule has 2 aromatic carbocycles. The van der Waals surface area contributed by atoms with Gasteiger partial charge in [-0.15, -0.1) is 0 Å². The molecule has 0 spiro atoms. The van der Waals surface area contributed by atoms with E-state index in [9.17, 15) is 9.59 Å². The minimum atomic E-state index is -0.522. The summed E-state index contributed by atoms with van der Waals surface area (Å²) in [6.07, 6.45) is 1.56. The zero-order chi connectivity index (χ0) is 20.8. The first-order valence-electron chi connectivity index (χ1n) is 9.52. The van der Waals surface area contributed by atoms with E-state index in [0.717, 1.165) is 28.7 Å². The second-order valence-electron chi connectivity index (χ2n) is 7.26. The molecule has 0 aliphatic carbocycles. The smallest absolute Gasteiger partial charge is 0.411 e.